The van der Waals surface area contributed by atoms with Crippen LogP contribution in [0.15, 0.2) is 72.8 Å². The third-order valence-corrected chi connectivity index (χ3v) is 5.51. The average Bonchev–Trinajstić information content (AvgIpc) is 2.73. The van der Waals surface area contributed by atoms with Crippen molar-refractivity contribution in [3.05, 3.63) is 83.9 Å². The molecule has 0 bridgehead atoms. The summed E-state index contributed by atoms with van der Waals surface area (Å²) >= 11 is 0. The minimum absolute atomic E-state index is 0.622. The van der Waals surface area contributed by atoms with Crippen LogP contribution in [0.2, 0.25) is 0 Å². The smallest absolute Gasteiger partial charge is 0.166 e. The van der Waals surface area contributed by atoms with Crippen LogP contribution in [-0.4, -0.2) is 0 Å². The van der Waals surface area contributed by atoms with E-state index in [2.05, 4.69) is 43.3 Å². The number of rotatable bonds is 5. The topological polar surface area (TPSA) is 0 Å². The van der Waals surface area contributed by atoms with Crippen molar-refractivity contribution >= 4 is 21.5 Å². The lowest BCUT2D eigenvalue weighted by molar-refractivity contribution is -0.137. The maximum Gasteiger partial charge on any atom is 0.416 e. The minimum atomic E-state index is -4.31. The molecule has 0 spiro atoms. The summed E-state index contributed by atoms with van der Waals surface area (Å²) in [7, 11) is 0. The van der Waals surface area contributed by atoms with Gasteiger partial charge in [0.2, 0.25) is 0 Å². The highest BCUT2D eigenvalue weighted by molar-refractivity contribution is 6.08. The molecule has 0 fully saturated rings. The van der Waals surface area contributed by atoms with Crippen LogP contribution in [0.1, 0.15) is 37.3 Å². The molecular weight excluding hydrogens is 369 g/mol. The number of aryl methyl sites for hydroxylation is 1. The largest absolute Gasteiger partial charge is 0.416 e. The summed E-state index contributed by atoms with van der Waals surface area (Å²) in [5, 5.41) is 4.70. The van der Waals surface area contributed by atoms with E-state index in [0.717, 1.165) is 35.1 Å². The van der Waals surface area contributed by atoms with Crippen LogP contribution >= 0.6 is 0 Å². The lowest BCUT2D eigenvalue weighted by Crippen LogP contribution is -2.03. The van der Waals surface area contributed by atoms with Gasteiger partial charge < -0.3 is 0 Å². The van der Waals surface area contributed by atoms with Gasteiger partial charge in [0.05, 0.1) is 5.56 Å². The summed E-state index contributed by atoms with van der Waals surface area (Å²) in [5.41, 5.74) is 2.45. The molecule has 0 heterocycles. The van der Waals surface area contributed by atoms with Crippen molar-refractivity contribution in [3.63, 3.8) is 0 Å². The van der Waals surface area contributed by atoms with Crippen LogP contribution < -0.4 is 0 Å². The number of hydrogen-bond acceptors (Lipinski definition) is 0. The summed E-state index contributed by atoms with van der Waals surface area (Å²) in [5.74, 6) is 0. The van der Waals surface area contributed by atoms with Crippen molar-refractivity contribution in [1.29, 1.82) is 0 Å². The molecule has 0 saturated heterocycles. The first-order chi connectivity index (χ1) is 14.0. The highest BCUT2D eigenvalue weighted by atomic mass is 19.4. The second-order valence-corrected chi connectivity index (χ2v) is 7.59. The molecule has 0 nitrogen and oxygen atoms in total. The van der Waals surface area contributed by atoms with Crippen molar-refractivity contribution in [2.24, 2.45) is 0 Å². The molecule has 0 saturated carbocycles. The quantitative estimate of drug-likeness (QED) is 0.236. The Kier molecular flexibility index (Phi) is 5.31. The second-order valence-electron chi connectivity index (χ2n) is 7.59. The lowest BCUT2D eigenvalue weighted by Gasteiger charge is -2.10. The highest BCUT2D eigenvalue weighted by Gasteiger charge is 2.29. The molecule has 3 heteroatoms. The van der Waals surface area contributed by atoms with Crippen LogP contribution in [0.4, 0.5) is 13.2 Å². The van der Waals surface area contributed by atoms with Crippen molar-refractivity contribution in [1.82, 2.24) is 0 Å². The maximum absolute atomic E-state index is 12.8. The molecular formula is C26H23F3. The Morgan fingerprint density at radius 1 is 0.655 bits per heavy atom. The van der Waals surface area contributed by atoms with Gasteiger partial charge in [0.15, 0.2) is 0 Å². The van der Waals surface area contributed by atoms with Gasteiger partial charge in [-0.15, -0.1) is 0 Å². The second kappa shape index (κ2) is 7.90. The Morgan fingerprint density at radius 2 is 1.28 bits per heavy atom. The number of halogens is 3. The van der Waals surface area contributed by atoms with Gasteiger partial charge in [-0.3, -0.25) is 0 Å². The molecule has 0 aliphatic heterocycles. The zero-order valence-electron chi connectivity index (χ0n) is 16.4. The van der Waals surface area contributed by atoms with E-state index in [4.69, 9.17) is 0 Å². The average molecular weight is 392 g/mol. The van der Waals surface area contributed by atoms with Gasteiger partial charge in [-0.05, 0) is 69.3 Å². The summed E-state index contributed by atoms with van der Waals surface area (Å²) in [6.45, 7) is 2.21. The summed E-state index contributed by atoms with van der Waals surface area (Å²) in [6.07, 6.45) is 0.485. The number of fused-ring (bicyclic) bond motifs is 3. The third-order valence-electron chi connectivity index (χ3n) is 5.51. The zero-order chi connectivity index (χ0) is 20.4. The SMILES string of the molecule is CCCCCc1ccc2c(ccc3cc(-c4ccc(C(F)(F)F)cc4)ccc32)c1. The van der Waals surface area contributed by atoms with E-state index in [1.54, 1.807) is 0 Å². The van der Waals surface area contributed by atoms with E-state index in [0.29, 0.717) is 0 Å². The Hall–Kier alpha value is -2.81. The predicted octanol–water partition coefficient (Wildman–Crippen LogP) is 8.41. The molecule has 148 valence electrons. The van der Waals surface area contributed by atoms with Gasteiger partial charge in [-0.2, -0.15) is 13.2 Å². The summed E-state index contributed by atoms with van der Waals surface area (Å²) in [6, 6.07) is 22.4. The van der Waals surface area contributed by atoms with E-state index < -0.39 is 11.7 Å². The number of hydrogen-bond donors (Lipinski definition) is 0. The molecule has 4 aromatic carbocycles. The molecule has 0 aromatic heterocycles. The molecule has 0 atom stereocenters. The molecule has 0 amide bonds. The molecule has 29 heavy (non-hydrogen) atoms. The van der Waals surface area contributed by atoms with Crippen molar-refractivity contribution in [3.8, 4) is 11.1 Å². The molecule has 4 rings (SSSR count). The van der Waals surface area contributed by atoms with Crippen LogP contribution in [0, 0.1) is 0 Å². The number of unbranched alkanes of at least 4 members (excludes halogenated alkanes) is 2. The Balaban J connectivity index is 1.67. The number of alkyl halides is 3. The van der Waals surface area contributed by atoms with E-state index in [1.165, 1.54) is 53.1 Å². The normalized spacial score (nSPS) is 12.0. The van der Waals surface area contributed by atoms with Gasteiger partial charge in [0.25, 0.3) is 0 Å². The standard InChI is InChI=1S/C26H23F3/c1-2-3-4-5-18-6-14-24-21(16-18)7-8-22-17-20(11-15-25(22)24)19-9-12-23(13-10-19)26(27,28)29/h6-17H,2-5H2,1H3. The van der Waals surface area contributed by atoms with Crippen molar-refractivity contribution in [2.75, 3.05) is 0 Å². The number of benzene rings is 4. The fourth-order valence-corrected chi connectivity index (χ4v) is 3.89. The van der Waals surface area contributed by atoms with E-state index in [-0.39, 0.29) is 0 Å². The summed E-state index contributed by atoms with van der Waals surface area (Å²) < 4.78 is 38.4. The van der Waals surface area contributed by atoms with Gasteiger partial charge >= 0.3 is 6.18 Å². The fourth-order valence-electron chi connectivity index (χ4n) is 3.89. The van der Waals surface area contributed by atoms with Gasteiger partial charge in [0.1, 0.15) is 0 Å². The summed E-state index contributed by atoms with van der Waals surface area (Å²) in [4.78, 5) is 0. The van der Waals surface area contributed by atoms with Gasteiger partial charge in [-0.1, -0.05) is 74.4 Å². The first kappa shape index (κ1) is 19.5. The van der Waals surface area contributed by atoms with E-state index in [1.807, 2.05) is 12.1 Å². The van der Waals surface area contributed by atoms with Gasteiger partial charge in [0, 0.05) is 0 Å². The Bertz CT molecular complexity index is 1140. The lowest BCUT2D eigenvalue weighted by atomic mass is 9.95. The third kappa shape index (κ3) is 4.14. The maximum atomic E-state index is 12.8. The first-order valence-electron chi connectivity index (χ1n) is 10.1. The molecule has 0 unspecified atom stereocenters. The molecule has 0 aliphatic carbocycles. The molecule has 4 aromatic rings. The predicted molar refractivity (Wildman–Crippen MR) is 115 cm³/mol. The van der Waals surface area contributed by atoms with Gasteiger partial charge in [-0.25, -0.2) is 0 Å². The molecule has 0 aliphatic rings. The molecule has 0 N–H and O–H groups in total. The minimum Gasteiger partial charge on any atom is -0.166 e. The van der Waals surface area contributed by atoms with Crippen LogP contribution in [0.5, 0.6) is 0 Å². The van der Waals surface area contributed by atoms with E-state index in [9.17, 15) is 13.2 Å². The van der Waals surface area contributed by atoms with Crippen molar-refractivity contribution < 1.29 is 13.2 Å². The van der Waals surface area contributed by atoms with Crippen LogP contribution in [0.25, 0.3) is 32.7 Å². The highest BCUT2D eigenvalue weighted by Crippen LogP contribution is 2.33. The van der Waals surface area contributed by atoms with Crippen LogP contribution in [-0.2, 0) is 12.6 Å². The van der Waals surface area contributed by atoms with Crippen LogP contribution in [0.3, 0.4) is 0 Å². The Labute approximate surface area is 169 Å². The fraction of sp³-hybridized carbons (Fsp3) is 0.231. The Morgan fingerprint density at radius 3 is 1.93 bits per heavy atom. The van der Waals surface area contributed by atoms with Crippen molar-refractivity contribution in [2.45, 2.75) is 38.8 Å². The molecule has 0 radical (unpaired) electrons. The zero-order valence-corrected chi connectivity index (χ0v) is 16.4. The van der Waals surface area contributed by atoms with E-state index >= 15 is 0 Å². The first-order valence-corrected chi connectivity index (χ1v) is 10.1. The monoisotopic (exact) mass is 392 g/mol.